The lowest BCUT2D eigenvalue weighted by Gasteiger charge is -2.22. The topological polar surface area (TPSA) is 155 Å². The van der Waals surface area contributed by atoms with Crippen molar-refractivity contribution in [2.45, 2.75) is 50.5 Å². The van der Waals surface area contributed by atoms with Gasteiger partial charge in [0, 0.05) is 23.5 Å². The molecule has 0 bridgehead atoms. The van der Waals surface area contributed by atoms with Crippen LogP contribution in [0.4, 0.5) is 0 Å². The van der Waals surface area contributed by atoms with E-state index >= 15 is 0 Å². The quantitative estimate of drug-likeness (QED) is 0.263. The third kappa shape index (κ3) is 7.52. The van der Waals surface area contributed by atoms with E-state index in [2.05, 4.69) is 10.3 Å². The summed E-state index contributed by atoms with van der Waals surface area (Å²) in [4.78, 5) is 51.6. The number of carbonyl (C=O) groups is 4. The molecule has 1 aromatic carbocycles. The summed E-state index contributed by atoms with van der Waals surface area (Å²) in [6, 6.07) is 6.59. The standard InChI is InChI=1S/C22H28N4O5S/c1-13(2)31-22(30)18(8-7-15(27)10-23)26-21(29)19(32-12-20(24)28)9-14-11-25-17-6-4-3-5-16(14)17/h3-6,10-11,13,18-19,23,25H,7-9,12H2,1-2H3,(H2,24,28)(H,26,29)/t18-,19-/m0/s1. The van der Waals surface area contributed by atoms with Crippen LogP contribution < -0.4 is 11.1 Å². The molecule has 0 saturated carbocycles. The van der Waals surface area contributed by atoms with Gasteiger partial charge in [-0.3, -0.25) is 14.4 Å². The highest BCUT2D eigenvalue weighted by Gasteiger charge is 2.29. The van der Waals surface area contributed by atoms with Gasteiger partial charge in [-0.15, -0.1) is 11.8 Å². The van der Waals surface area contributed by atoms with Gasteiger partial charge in [0.2, 0.25) is 11.8 Å². The third-order valence-corrected chi connectivity index (χ3v) is 5.83. The predicted octanol–water partition coefficient (Wildman–Crippen LogP) is 1.73. The van der Waals surface area contributed by atoms with Crippen LogP contribution in [-0.2, 0) is 30.3 Å². The van der Waals surface area contributed by atoms with Crippen LogP contribution in [0.2, 0.25) is 0 Å². The monoisotopic (exact) mass is 460 g/mol. The molecule has 0 spiro atoms. The van der Waals surface area contributed by atoms with E-state index in [9.17, 15) is 19.2 Å². The minimum absolute atomic E-state index is 0.00575. The molecule has 9 nitrogen and oxygen atoms in total. The van der Waals surface area contributed by atoms with E-state index in [1.807, 2.05) is 30.5 Å². The summed E-state index contributed by atoms with van der Waals surface area (Å²) in [6.45, 7) is 3.37. The summed E-state index contributed by atoms with van der Waals surface area (Å²) in [5.41, 5.74) is 7.08. The second kappa shape index (κ2) is 12.0. The lowest BCUT2D eigenvalue weighted by molar-refractivity contribution is -0.151. The number of nitrogens with two attached hydrogens (primary N) is 1. The Hall–Kier alpha value is -3.14. The number of amides is 2. The third-order valence-electron chi connectivity index (χ3n) is 4.59. The van der Waals surface area contributed by atoms with Crippen molar-refractivity contribution < 1.29 is 23.9 Å². The number of aromatic nitrogens is 1. The van der Waals surface area contributed by atoms with Crippen molar-refractivity contribution in [3.8, 4) is 0 Å². The SMILES string of the molecule is CC(C)OC(=O)[C@H](CCC(=O)C=N)NC(=O)[C@H](Cc1c[nH]c2ccccc12)SCC(N)=O. The van der Waals surface area contributed by atoms with E-state index in [0.29, 0.717) is 12.6 Å². The summed E-state index contributed by atoms with van der Waals surface area (Å²) in [6.07, 6.45) is 2.32. The van der Waals surface area contributed by atoms with E-state index in [4.69, 9.17) is 15.9 Å². The first-order chi connectivity index (χ1) is 15.2. The molecule has 0 aliphatic carbocycles. The number of H-pyrrole nitrogens is 1. The molecule has 5 N–H and O–H groups in total. The van der Waals surface area contributed by atoms with E-state index in [0.717, 1.165) is 28.2 Å². The molecule has 1 heterocycles. The molecule has 0 saturated heterocycles. The molecule has 32 heavy (non-hydrogen) atoms. The minimum Gasteiger partial charge on any atom is -0.461 e. The molecular formula is C22H28N4O5S. The number of primary amides is 1. The van der Waals surface area contributed by atoms with Gasteiger partial charge in [0.05, 0.1) is 23.3 Å². The fourth-order valence-electron chi connectivity index (χ4n) is 3.10. The molecule has 0 fully saturated rings. The van der Waals surface area contributed by atoms with Crippen LogP contribution in [0.15, 0.2) is 30.5 Å². The molecule has 2 amide bonds. The van der Waals surface area contributed by atoms with Gasteiger partial charge in [-0.1, -0.05) is 18.2 Å². The van der Waals surface area contributed by atoms with Crippen molar-refractivity contribution in [3.05, 3.63) is 36.0 Å². The average molecular weight is 461 g/mol. The zero-order valence-corrected chi connectivity index (χ0v) is 18.9. The maximum absolute atomic E-state index is 13.1. The summed E-state index contributed by atoms with van der Waals surface area (Å²) in [5, 5.41) is 9.94. The number of hydrogen-bond acceptors (Lipinski definition) is 7. The molecule has 2 rings (SSSR count). The normalized spacial score (nSPS) is 12.8. The lowest BCUT2D eigenvalue weighted by Crippen LogP contribution is -2.47. The second-order valence-corrected chi connectivity index (χ2v) is 8.72. The van der Waals surface area contributed by atoms with Crippen molar-refractivity contribution in [1.82, 2.24) is 10.3 Å². The number of para-hydroxylation sites is 1. The van der Waals surface area contributed by atoms with Gasteiger partial charge in [-0.25, -0.2) is 4.79 Å². The summed E-state index contributed by atoms with van der Waals surface area (Å²) >= 11 is 1.09. The van der Waals surface area contributed by atoms with Crippen molar-refractivity contribution >= 4 is 52.4 Å². The fraction of sp³-hybridized carbons (Fsp3) is 0.409. The number of hydrogen-bond donors (Lipinski definition) is 4. The van der Waals surface area contributed by atoms with Gasteiger partial charge in [0.1, 0.15) is 6.04 Å². The number of ether oxygens (including phenoxy) is 1. The van der Waals surface area contributed by atoms with E-state index < -0.39 is 41.0 Å². The van der Waals surface area contributed by atoms with E-state index in [-0.39, 0.29) is 18.6 Å². The van der Waals surface area contributed by atoms with Crippen LogP contribution in [0.25, 0.3) is 10.9 Å². The van der Waals surface area contributed by atoms with Crippen LogP contribution >= 0.6 is 11.8 Å². The zero-order valence-electron chi connectivity index (χ0n) is 18.1. The van der Waals surface area contributed by atoms with Crippen LogP contribution in [-0.4, -0.2) is 57.9 Å². The first-order valence-electron chi connectivity index (χ1n) is 10.2. The van der Waals surface area contributed by atoms with Crippen molar-refractivity contribution in [3.63, 3.8) is 0 Å². The average Bonchev–Trinajstić information content (AvgIpc) is 3.15. The van der Waals surface area contributed by atoms with Crippen LogP contribution in [0.1, 0.15) is 32.3 Å². The molecule has 1 aromatic heterocycles. The Morgan fingerprint density at radius 2 is 1.97 bits per heavy atom. The maximum atomic E-state index is 13.1. The Morgan fingerprint density at radius 3 is 2.62 bits per heavy atom. The van der Waals surface area contributed by atoms with Gasteiger partial charge in [0.15, 0.2) is 5.78 Å². The molecule has 172 valence electrons. The Kier molecular flexibility index (Phi) is 9.45. The van der Waals surface area contributed by atoms with Crippen LogP contribution in [0, 0.1) is 5.41 Å². The molecule has 0 unspecified atom stereocenters. The summed E-state index contributed by atoms with van der Waals surface area (Å²) in [7, 11) is 0. The number of rotatable bonds is 13. The Balaban J connectivity index is 2.20. The molecule has 2 atom stereocenters. The van der Waals surface area contributed by atoms with Gasteiger partial charge < -0.3 is 26.2 Å². The van der Waals surface area contributed by atoms with Crippen LogP contribution in [0.3, 0.4) is 0 Å². The number of Topliss-reactive ketones (excluding diaryl/α,β-unsaturated/α-hetero) is 1. The van der Waals surface area contributed by atoms with Gasteiger partial charge >= 0.3 is 5.97 Å². The Bertz CT molecular complexity index is 988. The van der Waals surface area contributed by atoms with Gasteiger partial charge in [0.25, 0.3) is 0 Å². The second-order valence-electron chi connectivity index (χ2n) is 7.53. The molecule has 10 heteroatoms. The Labute approximate surface area is 190 Å². The molecule has 0 radical (unpaired) electrons. The Morgan fingerprint density at radius 1 is 1.25 bits per heavy atom. The highest BCUT2D eigenvalue weighted by atomic mass is 32.2. The first kappa shape index (κ1) is 25.1. The number of carbonyl (C=O) groups excluding carboxylic acids is 4. The van der Waals surface area contributed by atoms with Gasteiger partial charge in [-0.05, 0) is 38.3 Å². The zero-order chi connectivity index (χ0) is 23.7. The molecular weight excluding hydrogens is 432 g/mol. The minimum atomic E-state index is -1.05. The number of fused-ring (bicyclic) bond motifs is 1. The number of aromatic amines is 1. The highest BCUT2D eigenvalue weighted by Crippen LogP contribution is 2.24. The predicted molar refractivity (Wildman–Crippen MR) is 124 cm³/mol. The maximum Gasteiger partial charge on any atom is 0.328 e. The number of thioether (sulfide) groups is 1. The van der Waals surface area contributed by atoms with Crippen LogP contribution in [0.5, 0.6) is 0 Å². The lowest BCUT2D eigenvalue weighted by atomic mass is 10.1. The number of benzene rings is 1. The summed E-state index contributed by atoms with van der Waals surface area (Å²) < 4.78 is 5.21. The number of esters is 1. The van der Waals surface area contributed by atoms with Crippen molar-refractivity contribution in [1.29, 1.82) is 5.41 Å². The molecule has 0 aliphatic rings. The van der Waals surface area contributed by atoms with Gasteiger partial charge in [-0.2, -0.15) is 0 Å². The number of nitrogens with one attached hydrogen (secondary N) is 3. The number of ketones is 1. The van der Waals surface area contributed by atoms with Crippen molar-refractivity contribution in [2.24, 2.45) is 5.73 Å². The highest BCUT2D eigenvalue weighted by molar-refractivity contribution is 8.01. The van der Waals surface area contributed by atoms with Crippen molar-refractivity contribution in [2.75, 3.05) is 5.75 Å². The smallest absolute Gasteiger partial charge is 0.328 e. The fourth-order valence-corrected chi connectivity index (χ4v) is 3.98. The summed E-state index contributed by atoms with van der Waals surface area (Å²) in [5.74, 6) is -2.20. The largest absolute Gasteiger partial charge is 0.461 e. The molecule has 0 aliphatic heterocycles. The first-order valence-corrected chi connectivity index (χ1v) is 11.2. The van der Waals surface area contributed by atoms with E-state index in [1.54, 1.807) is 13.8 Å². The van der Waals surface area contributed by atoms with E-state index in [1.165, 1.54) is 0 Å². The molecule has 2 aromatic rings.